The van der Waals surface area contributed by atoms with Gasteiger partial charge >= 0.3 is 0 Å². The fourth-order valence-electron chi connectivity index (χ4n) is 3.93. The van der Waals surface area contributed by atoms with Crippen LogP contribution in [0, 0.1) is 0 Å². The smallest absolute Gasteiger partial charge is 0.203 e. The number of anilines is 1. The maximum Gasteiger partial charge on any atom is 0.203 e. The van der Waals surface area contributed by atoms with Crippen molar-refractivity contribution in [3.8, 4) is 39.8 Å². The molecule has 4 rings (SSSR count). The van der Waals surface area contributed by atoms with Gasteiger partial charge in [-0.25, -0.2) is 4.98 Å². The Hall–Kier alpha value is -3.93. The second-order valence-corrected chi connectivity index (χ2v) is 7.91. The van der Waals surface area contributed by atoms with Crippen LogP contribution in [-0.2, 0) is 6.54 Å². The minimum Gasteiger partial charge on any atom is -0.493 e. The van der Waals surface area contributed by atoms with E-state index in [1.54, 1.807) is 21.3 Å². The van der Waals surface area contributed by atoms with Gasteiger partial charge in [0.2, 0.25) is 5.75 Å². The monoisotopic (exact) mass is 443 g/mol. The molecule has 33 heavy (non-hydrogen) atoms. The van der Waals surface area contributed by atoms with Crippen molar-refractivity contribution >= 4 is 5.69 Å². The zero-order valence-corrected chi connectivity index (χ0v) is 19.7. The molecule has 0 saturated heterocycles. The normalized spacial score (nSPS) is 10.7. The quantitative estimate of drug-likeness (QED) is 0.367. The van der Waals surface area contributed by atoms with E-state index in [0.717, 1.165) is 28.2 Å². The lowest BCUT2D eigenvalue weighted by molar-refractivity contribution is 0.324. The summed E-state index contributed by atoms with van der Waals surface area (Å²) in [6.07, 6.45) is 1.89. The number of methoxy groups -OCH3 is 3. The van der Waals surface area contributed by atoms with Gasteiger partial charge in [-0.3, -0.25) is 0 Å². The number of aromatic nitrogens is 2. The molecular weight excluding hydrogens is 414 g/mol. The maximum atomic E-state index is 5.59. The van der Waals surface area contributed by atoms with E-state index in [1.807, 2.05) is 38.6 Å². The number of ether oxygens (including phenoxy) is 3. The third kappa shape index (κ3) is 4.51. The van der Waals surface area contributed by atoms with E-state index >= 15 is 0 Å². The number of benzene rings is 3. The molecule has 0 aliphatic heterocycles. The fourth-order valence-corrected chi connectivity index (χ4v) is 3.93. The first kappa shape index (κ1) is 22.3. The second-order valence-electron chi connectivity index (χ2n) is 7.91. The van der Waals surface area contributed by atoms with Crippen LogP contribution >= 0.6 is 0 Å². The van der Waals surface area contributed by atoms with Crippen LogP contribution in [0.4, 0.5) is 5.69 Å². The van der Waals surface area contributed by atoms with E-state index in [2.05, 4.69) is 58.0 Å². The van der Waals surface area contributed by atoms with Crippen LogP contribution < -0.4 is 19.1 Å². The molecule has 0 spiro atoms. The summed E-state index contributed by atoms with van der Waals surface area (Å²) in [6.45, 7) is 0.711. The molecule has 0 aliphatic rings. The molecule has 0 atom stereocenters. The van der Waals surface area contributed by atoms with Gasteiger partial charge in [-0.2, -0.15) is 0 Å². The van der Waals surface area contributed by atoms with Crippen LogP contribution in [0.25, 0.3) is 22.5 Å². The summed E-state index contributed by atoms with van der Waals surface area (Å²) in [5.41, 5.74) is 6.20. The predicted octanol–water partition coefficient (Wildman–Crippen LogP) is 5.36. The first-order chi connectivity index (χ1) is 16.0. The zero-order valence-electron chi connectivity index (χ0n) is 19.7. The minimum absolute atomic E-state index is 0.560. The molecule has 0 radical (unpaired) electrons. The van der Waals surface area contributed by atoms with E-state index in [1.165, 1.54) is 5.56 Å². The third-order valence-corrected chi connectivity index (χ3v) is 5.63. The van der Waals surface area contributed by atoms with Gasteiger partial charge in [0.15, 0.2) is 11.5 Å². The first-order valence-corrected chi connectivity index (χ1v) is 10.7. The van der Waals surface area contributed by atoms with Gasteiger partial charge < -0.3 is 23.7 Å². The Kier molecular flexibility index (Phi) is 6.54. The standard InChI is InChI=1S/C27H29N3O3/c1-29(2)22-13-11-20(12-14-22)26-25(28-18-30(26)17-19-9-7-6-8-10-19)21-15-23(31-3)27(33-5)24(16-21)32-4/h6-16,18H,17H2,1-5H3. The molecule has 6 heteroatoms. The molecule has 0 unspecified atom stereocenters. The number of rotatable bonds is 8. The number of imidazole rings is 1. The molecule has 0 N–H and O–H groups in total. The van der Waals surface area contributed by atoms with Crippen molar-refractivity contribution in [3.05, 3.63) is 78.6 Å². The van der Waals surface area contributed by atoms with Crippen molar-refractivity contribution in [2.45, 2.75) is 6.54 Å². The molecule has 0 bridgehead atoms. The molecule has 0 aliphatic carbocycles. The molecule has 170 valence electrons. The van der Waals surface area contributed by atoms with Crippen LogP contribution in [0.2, 0.25) is 0 Å². The highest BCUT2D eigenvalue weighted by molar-refractivity contribution is 5.81. The maximum absolute atomic E-state index is 5.59. The van der Waals surface area contributed by atoms with Gasteiger partial charge in [0, 0.05) is 37.5 Å². The number of hydrogen-bond donors (Lipinski definition) is 0. The summed E-state index contributed by atoms with van der Waals surface area (Å²) in [7, 11) is 8.92. The van der Waals surface area contributed by atoms with Crippen LogP contribution in [0.1, 0.15) is 5.56 Å². The number of hydrogen-bond acceptors (Lipinski definition) is 5. The molecular formula is C27H29N3O3. The highest BCUT2D eigenvalue weighted by Crippen LogP contribution is 2.43. The Balaban J connectivity index is 1.88. The van der Waals surface area contributed by atoms with Gasteiger partial charge in [0.05, 0.1) is 39.0 Å². The minimum atomic E-state index is 0.560. The molecule has 1 aromatic heterocycles. The molecule has 3 aromatic carbocycles. The van der Waals surface area contributed by atoms with Crippen molar-refractivity contribution in [1.82, 2.24) is 9.55 Å². The molecule has 0 amide bonds. The molecule has 1 heterocycles. The van der Waals surface area contributed by atoms with Gasteiger partial charge in [-0.15, -0.1) is 0 Å². The molecule has 0 saturated carbocycles. The summed E-state index contributed by atoms with van der Waals surface area (Å²) in [4.78, 5) is 6.91. The number of nitrogens with zero attached hydrogens (tertiary/aromatic N) is 3. The summed E-state index contributed by atoms with van der Waals surface area (Å²) in [5, 5.41) is 0. The lowest BCUT2D eigenvalue weighted by Gasteiger charge is -2.16. The van der Waals surface area contributed by atoms with E-state index in [0.29, 0.717) is 23.8 Å². The highest BCUT2D eigenvalue weighted by atomic mass is 16.5. The molecule has 4 aromatic rings. The van der Waals surface area contributed by atoms with Crippen molar-refractivity contribution in [2.24, 2.45) is 0 Å². The van der Waals surface area contributed by atoms with Gasteiger partial charge in [-0.1, -0.05) is 42.5 Å². The van der Waals surface area contributed by atoms with Gasteiger partial charge in [0.1, 0.15) is 0 Å². The first-order valence-electron chi connectivity index (χ1n) is 10.7. The summed E-state index contributed by atoms with van der Waals surface area (Å²) in [6, 6.07) is 22.8. The third-order valence-electron chi connectivity index (χ3n) is 5.63. The van der Waals surface area contributed by atoms with E-state index in [4.69, 9.17) is 19.2 Å². The summed E-state index contributed by atoms with van der Waals surface area (Å²) >= 11 is 0. The Labute approximate surface area is 195 Å². The van der Waals surface area contributed by atoms with Crippen LogP contribution in [-0.4, -0.2) is 45.0 Å². The predicted molar refractivity (Wildman–Crippen MR) is 133 cm³/mol. The van der Waals surface area contributed by atoms with E-state index in [9.17, 15) is 0 Å². The Morgan fingerprint density at radius 1 is 0.788 bits per heavy atom. The topological polar surface area (TPSA) is 48.8 Å². The summed E-state index contributed by atoms with van der Waals surface area (Å²) < 4.78 is 18.9. The lowest BCUT2D eigenvalue weighted by atomic mass is 10.0. The highest BCUT2D eigenvalue weighted by Gasteiger charge is 2.20. The van der Waals surface area contributed by atoms with Crippen LogP contribution in [0.5, 0.6) is 17.2 Å². The van der Waals surface area contributed by atoms with Crippen LogP contribution in [0.3, 0.4) is 0 Å². The summed E-state index contributed by atoms with van der Waals surface area (Å²) in [5.74, 6) is 1.75. The van der Waals surface area contributed by atoms with Crippen molar-refractivity contribution in [1.29, 1.82) is 0 Å². The average molecular weight is 444 g/mol. The SMILES string of the molecule is COc1cc(-c2ncn(Cc3ccccc3)c2-c2ccc(N(C)C)cc2)cc(OC)c1OC. The average Bonchev–Trinajstić information content (AvgIpc) is 3.27. The van der Waals surface area contributed by atoms with E-state index in [-0.39, 0.29) is 0 Å². The van der Waals surface area contributed by atoms with Crippen molar-refractivity contribution < 1.29 is 14.2 Å². The Morgan fingerprint density at radius 3 is 1.97 bits per heavy atom. The fraction of sp³-hybridized carbons (Fsp3) is 0.222. The Morgan fingerprint density at radius 2 is 1.42 bits per heavy atom. The van der Waals surface area contributed by atoms with Crippen molar-refractivity contribution in [2.75, 3.05) is 40.3 Å². The van der Waals surface area contributed by atoms with Gasteiger partial charge in [-0.05, 0) is 29.8 Å². The zero-order chi connectivity index (χ0) is 23.4. The Bertz CT molecular complexity index is 1190. The largest absolute Gasteiger partial charge is 0.493 e. The van der Waals surface area contributed by atoms with E-state index < -0.39 is 0 Å². The molecule has 6 nitrogen and oxygen atoms in total. The molecule has 0 fully saturated rings. The lowest BCUT2D eigenvalue weighted by Crippen LogP contribution is -2.08. The van der Waals surface area contributed by atoms with Crippen molar-refractivity contribution in [3.63, 3.8) is 0 Å². The van der Waals surface area contributed by atoms with Crippen LogP contribution in [0.15, 0.2) is 73.1 Å². The second kappa shape index (κ2) is 9.69. The van der Waals surface area contributed by atoms with Gasteiger partial charge in [0.25, 0.3) is 0 Å².